The minimum absolute atomic E-state index is 0.224. The van der Waals surface area contributed by atoms with E-state index >= 15 is 0 Å². The highest BCUT2D eigenvalue weighted by Crippen LogP contribution is 2.24. The molecule has 0 aliphatic rings. The van der Waals surface area contributed by atoms with Gasteiger partial charge in [-0.1, -0.05) is 13.8 Å². The van der Waals surface area contributed by atoms with E-state index < -0.39 is 0 Å². The van der Waals surface area contributed by atoms with Gasteiger partial charge in [0.1, 0.15) is 11.6 Å². The van der Waals surface area contributed by atoms with E-state index in [1.54, 1.807) is 12.3 Å². The van der Waals surface area contributed by atoms with Crippen LogP contribution in [-0.2, 0) is 0 Å². The van der Waals surface area contributed by atoms with Gasteiger partial charge in [0.25, 0.3) is 0 Å². The van der Waals surface area contributed by atoms with E-state index in [-0.39, 0.29) is 11.9 Å². The number of halogens is 1. The Balaban J connectivity index is 2.60. The zero-order valence-electron chi connectivity index (χ0n) is 10.9. The second kappa shape index (κ2) is 4.90. The summed E-state index contributed by atoms with van der Waals surface area (Å²) in [5, 5.41) is 0. The molecule has 18 heavy (non-hydrogen) atoms. The van der Waals surface area contributed by atoms with E-state index in [1.807, 2.05) is 17.7 Å². The van der Waals surface area contributed by atoms with E-state index in [9.17, 15) is 4.39 Å². The molecule has 2 rings (SSSR count). The highest BCUT2D eigenvalue weighted by atomic mass is 19.1. The maximum absolute atomic E-state index is 13.3. The second-order valence-electron chi connectivity index (χ2n) is 4.80. The number of nitrogens with zero attached hydrogens (tertiary/aromatic N) is 2. The molecule has 0 aliphatic carbocycles. The fourth-order valence-electron chi connectivity index (χ4n) is 2.06. The molecule has 0 bridgehead atoms. The quantitative estimate of drug-likeness (QED) is 0.905. The Morgan fingerprint density at radius 1 is 1.28 bits per heavy atom. The van der Waals surface area contributed by atoms with Crippen LogP contribution in [0, 0.1) is 5.82 Å². The van der Waals surface area contributed by atoms with Crippen molar-refractivity contribution in [3.05, 3.63) is 47.8 Å². The van der Waals surface area contributed by atoms with Crippen molar-refractivity contribution in [2.75, 3.05) is 0 Å². The highest BCUT2D eigenvalue weighted by molar-refractivity contribution is 5.44. The van der Waals surface area contributed by atoms with E-state index in [1.165, 1.54) is 12.1 Å². The molecule has 1 heterocycles. The van der Waals surface area contributed by atoms with Crippen molar-refractivity contribution < 1.29 is 4.39 Å². The molecule has 1 aromatic carbocycles. The van der Waals surface area contributed by atoms with Gasteiger partial charge in [0.2, 0.25) is 0 Å². The van der Waals surface area contributed by atoms with Crippen LogP contribution < -0.4 is 5.73 Å². The summed E-state index contributed by atoms with van der Waals surface area (Å²) in [4.78, 5) is 4.34. The van der Waals surface area contributed by atoms with Gasteiger partial charge in [-0.25, -0.2) is 9.37 Å². The molecular weight excluding hydrogens is 229 g/mol. The zero-order valence-corrected chi connectivity index (χ0v) is 10.9. The van der Waals surface area contributed by atoms with Gasteiger partial charge in [-0.3, -0.25) is 0 Å². The van der Waals surface area contributed by atoms with E-state index in [0.717, 1.165) is 17.1 Å². The van der Waals surface area contributed by atoms with Gasteiger partial charge in [0, 0.05) is 24.4 Å². The van der Waals surface area contributed by atoms with Gasteiger partial charge in [0.15, 0.2) is 0 Å². The van der Waals surface area contributed by atoms with Crippen LogP contribution >= 0.6 is 0 Å². The number of nitrogens with two attached hydrogens (primary N) is 1. The molecule has 0 fully saturated rings. The molecular formula is C14H18FN3. The van der Waals surface area contributed by atoms with E-state index in [0.29, 0.717) is 5.92 Å². The van der Waals surface area contributed by atoms with Gasteiger partial charge in [-0.05, 0) is 30.7 Å². The zero-order chi connectivity index (χ0) is 13.3. The van der Waals surface area contributed by atoms with Crippen LogP contribution in [0.3, 0.4) is 0 Å². The number of rotatable bonds is 3. The summed E-state index contributed by atoms with van der Waals surface area (Å²) in [7, 11) is 0. The van der Waals surface area contributed by atoms with Crippen LogP contribution in [0.5, 0.6) is 0 Å². The number of hydrogen-bond donors (Lipinski definition) is 1. The lowest BCUT2D eigenvalue weighted by atomic mass is 10.1. The minimum atomic E-state index is -0.266. The van der Waals surface area contributed by atoms with Crippen LogP contribution in [-0.4, -0.2) is 9.55 Å². The lowest BCUT2D eigenvalue weighted by molar-refractivity contribution is 0.620. The second-order valence-corrected chi connectivity index (χ2v) is 4.80. The Kier molecular flexibility index (Phi) is 3.48. The Hall–Kier alpha value is -1.68. The van der Waals surface area contributed by atoms with Gasteiger partial charge in [-0.2, -0.15) is 0 Å². The molecule has 0 spiro atoms. The Morgan fingerprint density at radius 3 is 2.61 bits per heavy atom. The Labute approximate surface area is 106 Å². The highest BCUT2D eigenvalue weighted by Gasteiger charge is 2.14. The number of hydrogen-bond acceptors (Lipinski definition) is 2. The van der Waals surface area contributed by atoms with Crippen LogP contribution in [0.25, 0.3) is 5.69 Å². The number of benzene rings is 1. The third-order valence-electron chi connectivity index (χ3n) is 2.93. The standard InChI is InChI=1S/C14H18FN3/c1-9(2)14-17-6-7-18(14)13-5-4-11(15)8-12(13)10(3)16/h4-10H,16H2,1-3H3. The minimum Gasteiger partial charge on any atom is -0.324 e. The average Bonchev–Trinajstić information content (AvgIpc) is 2.77. The van der Waals surface area contributed by atoms with Crippen molar-refractivity contribution in [3.63, 3.8) is 0 Å². The molecule has 3 nitrogen and oxygen atoms in total. The molecule has 4 heteroatoms. The van der Waals surface area contributed by atoms with E-state index in [2.05, 4.69) is 18.8 Å². The summed E-state index contributed by atoms with van der Waals surface area (Å²) in [6.07, 6.45) is 3.64. The molecule has 0 saturated heterocycles. The van der Waals surface area contributed by atoms with Crippen LogP contribution in [0.15, 0.2) is 30.6 Å². The smallest absolute Gasteiger partial charge is 0.123 e. The topological polar surface area (TPSA) is 43.8 Å². The number of imidazole rings is 1. The Morgan fingerprint density at radius 2 is 2.00 bits per heavy atom. The van der Waals surface area contributed by atoms with Crippen molar-refractivity contribution in [2.45, 2.75) is 32.7 Å². The molecule has 1 atom stereocenters. The summed E-state index contributed by atoms with van der Waals surface area (Å²) in [6, 6.07) is 4.47. The molecule has 2 N–H and O–H groups in total. The van der Waals surface area contributed by atoms with Gasteiger partial charge in [0.05, 0.1) is 5.69 Å². The normalized spacial score (nSPS) is 13.0. The average molecular weight is 247 g/mol. The first kappa shape index (κ1) is 12.8. The van der Waals surface area contributed by atoms with Crippen LogP contribution in [0.2, 0.25) is 0 Å². The molecule has 0 aliphatic heterocycles. The molecule has 0 saturated carbocycles. The summed E-state index contributed by atoms with van der Waals surface area (Å²) < 4.78 is 15.3. The predicted octanol–water partition coefficient (Wildman–Crippen LogP) is 3.15. The molecule has 1 unspecified atom stereocenters. The predicted molar refractivity (Wildman–Crippen MR) is 70.2 cm³/mol. The summed E-state index contributed by atoms with van der Waals surface area (Å²) >= 11 is 0. The largest absolute Gasteiger partial charge is 0.324 e. The lowest BCUT2D eigenvalue weighted by Gasteiger charge is -2.17. The molecule has 0 radical (unpaired) electrons. The summed E-state index contributed by atoms with van der Waals surface area (Å²) in [5.41, 5.74) is 7.60. The van der Waals surface area contributed by atoms with Gasteiger partial charge < -0.3 is 10.3 Å². The van der Waals surface area contributed by atoms with Crippen molar-refractivity contribution in [2.24, 2.45) is 5.73 Å². The Bertz CT molecular complexity index is 544. The fraction of sp³-hybridized carbons (Fsp3) is 0.357. The van der Waals surface area contributed by atoms with Gasteiger partial charge in [-0.15, -0.1) is 0 Å². The maximum atomic E-state index is 13.3. The third kappa shape index (κ3) is 2.29. The van der Waals surface area contributed by atoms with Crippen molar-refractivity contribution in [1.29, 1.82) is 0 Å². The van der Waals surface area contributed by atoms with E-state index in [4.69, 9.17) is 5.73 Å². The third-order valence-corrected chi connectivity index (χ3v) is 2.93. The maximum Gasteiger partial charge on any atom is 0.123 e. The lowest BCUT2D eigenvalue weighted by Crippen LogP contribution is -2.12. The SMILES string of the molecule is CC(C)c1nccn1-c1ccc(F)cc1C(C)N. The monoisotopic (exact) mass is 247 g/mol. The molecule has 2 aromatic rings. The van der Waals surface area contributed by atoms with Crippen LogP contribution in [0.1, 0.15) is 44.1 Å². The number of aromatic nitrogens is 2. The van der Waals surface area contributed by atoms with Crippen molar-refractivity contribution in [1.82, 2.24) is 9.55 Å². The summed E-state index contributed by atoms with van der Waals surface area (Å²) in [5.74, 6) is 0.978. The van der Waals surface area contributed by atoms with Crippen molar-refractivity contribution >= 4 is 0 Å². The molecule has 1 aromatic heterocycles. The van der Waals surface area contributed by atoms with Crippen molar-refractivity contribution in [3.8, 4) is 5.69 Å². The first-order valence-corrected chi connectivity index (χ1v) is 6.09. The fourth-order valence-corrected chi connectivity index (χ4v) is 2.06. The first-order valence-electron chi connectivity index (χ1n) is 6.09. The first-order chi connectivity index (χ1) is 8.50. The molecule has 96 valence electrons. The summed E-state index contributed by atoms with van der Waals surface area (Å²) in [6.45, 7) is 6.01. The molecule has 0 amide bonds. The van der Waals surface area contributed by atoms with Crippen LogP contribution in [0.4, 0.5) is 4.39 Å². The van der Waals surface area contributed by atoms with Gasteiger partial charge >= 0.3 is 0 Å².